The molecule has 1 heterocycles. The molecule has 2 amide bonds. The maximum Gasteiger partial charge on any atom is 0.337 e. The number of ether oxygens (including phenoxy) is 1. The van der Waals surface area contributed by atoms with E-state index in [2.05, 4.69) is 21.9 Å². The van der Waals surface area contributed by atoms with E-state index in [1.54, 1.807) is 29.2 Å². The monoisotopic (exact) mass is 387 g/mol. The minimum Gasteiger partial charge on any atom is -0.465 e. The molecule has 0 bridgehead atoms. The zero-order valence-electron chi connectivity index (χ0n) is 15.4. The van der Waals surface area contributed by atoms with Crippen molar-refractivity contribution in [1.82, 2.24) is 4.90 Å². The Hall–Kier alpha value is -2.73. The van der Waals surface area contributed by atoms with Crippen LogP contribution in [0.25, 0.3) is 0 Å². The number of methoxy groups -OCH3 is 1. The van der Waals surface area contributed by atoms with Crippen LogP contribution in [0.5, 0.6) is 0 Å². The number of hydrogen-bond acceptors (Lipinski definition) is 4. The molecule has 0 spiro atoms. The lowest BCUT2D eigenvalue weighted by Gasteiger charge is -2.36. The molecule has 0 radical (unpaired) electrons. The standard InChI is InChI=1S/C20H22ClN3O3/c1-14-3-6-16(21)13-18(14)23-9-11-24(12-10-23)20(26)22-17-7-4-15(5-8-17)19(25)27-2/h3-8,13H,9-12H2,1-2H3,(H,22,26). The summed E-state index contributed by atoms with van der Waals surface area (Å²) in [4.78, 5) is 28.0. The van der Waals surface area contributed by atoms with Crippen LogP contribution in [-0.2, 0) is 4.74 Å². The normalized spacial score (nSPS) is 14.0. The van der Waals surface area contributed by atoms with Gasteiger partial charge in [-0.25, -0.2) is 9.59 Å². The molecule has 1 N–H and O–H groups in total. The smallest absolute Gasteiger partial charge is 0.337 e. The average molecular weight is 388 g/mol. The van der Waals surface area contributed by atoms with E-state index >= 15 is 0 Å². The summed E-state index contributed by atoms with van der Waals surface area (Å²) in [5, 5.41) is 3.58. The second-order valence-corrected chi connectivity index (χ2v) is 6.84. The van der Waals surface area contributed by atoms with E-state index in [9.17, 15) is 9.59 Å². The van der Waals surface area contributed by atoms with Crippen molar-refractivity contribution in [1.29, 1.82) is 0 Å². The Morgan fingerprint density at radius 3 is 2.33 bits per heavy atom. The predicted octanol–water partition coefficient (Wildman–Crippen LogP) is 3.79. The Kier molecular flexibility index (Phi) is 5.86. The van der Waals surface area contributed by atoms with Crippen molar-refractivity contribution in [2.45, 2.75) is 6.92 Å². The molecule has 0 aliphatic carbocycles. The van der Waals surface area contributed by atoms with Crippen molar-refractivity contribution in [3.63, 3.8) is 0 Å². The zero-order valence-corrected chi connectivity index (χ0v) is 16.1. The topological polar surface area (TPSA) is 61.9 Å². The third kappa shape index (κ3) is 4.52. The van der Waals surface area contributed by atoms with Crippen LogP contribution in [0.15, 0.2) is 42.5 Å². The third-order valence-electron chi connectivity index (χ3n) is 4.64. The molecule has 7 heteroatoms. The Labute approximate surface area is 163 Å². The van der Waals surface area contributed by atoms with E-state index in [4.69, 9.17) is 11.6 Å². The Morgan fingerprint density at radius 1 is 1.04 bits per heavy atom. The number of carbonyl (C=O) groups is 2. The molecule has 3 rings (SSSR count). The first kappa shape index (κ1) is 19.0. The first-order valence-electron chi connectivity index (χ1n) is 8.73. The number of piperazine rings is 1. The van der Waals surface area contributed by atoms with Gasteiger partial charge in [-0.15, -0.1) is 0 Å². The minimum atomic E-state index is -0.402. The summed E-state index contributed by atoms with van der Waals surface area (Å²) in [6.07, 6.45) is 0. The number of aryl methyl sites for hydroxylation is 1. The summed E-state index contributed by atoms with van der Waals surface area (Å²) in [7, 11) is 1.34. The number of nitrogens with one attached hydrogen (secondary N) is 1. The van der Waals surface area contributed by atoms with Gasteiger partial charge < -0.3 is 19.9 Å². The van der Waals surface area contributed by atoms with Crippen LogP contribution in [0.2, 0.25) is 5.02 Å². The van der Waals surface area contributed by atoms with Crippen LogP contribution in [0, 0.1) is 6.92 Å². The average Bonchev–Trinajstić information content (AvgIpc) is 2.70. The van der Waals surface area contributed by atoms with Crippen LogP contribution in [0.3, 0.4) is 0 Å². The fourth-order valence-electron chi connectivity index (χ4n) is 3.08. The van der Waals surface area contributed by atoms with E-state index < -0.39 is 5.97 Å². The highest BCUT2D eigenvalue weighted by Gasteiger charge is 2.22. The number of benzene rings is 2. The van der Waals surface area contributed by atoms with Gasteiger partial charge in [0, 0.05) is 42.6 Å². The van der Waals surface area contributed by atoms with Gasteiger partial charge in [0.15, 0.2) is 0 Å². The number of halogens is 1. The number of nitrogens with zero attached hydrogens (tertiary/aromatic N) is 2. The number of urea groups is 1. The van der Waals surface area contributed by atoms with Crippen LogP contribution >= 0.6 is 11.6 Å². The third-order valence-corrected chi connectivity index (χ3v) is 4.87. The minimum absolute atomic E-state index is 0.150. The van der Waals surface area contributed by atoms with Crippen LogP contribution in [-0.4, -0.2) is 50.2 Å². The second-order valence-electron chi connectivity index (χ2n) is 6.40. The maximum absolute atomic E-state index is 12.5. The molecule has 0 unspecified atom stereocenters. The summed E-state index contributed by atoms with van der Waals surface area (Å²) in [5.74, 6) is -0.402. The van der Waals surface area contributed by atoms with Gasteiger partial charge in [0.05, 0.1) is 12.7 Å². The van der Waals surface area contributed by atoms with Crippen molar-refractivity contribution in [3.05, 3.63) is 58.6 Å². The molecule has 1 fully saturated rings. The predicted molar refractivity (Wildman–Crippen MR) is 107 cm³/mol. The highest BCUT2D eigenvalue weighted by atomic mass is 35.5. The molecular weight excluding hydrogens is 366 g/mol. The SMILES string of the molecule is COC(=O)c1ccc(NC(=O)N2CCN(c3cc(Cl)ccc3C)CC2)cc1. The molecule has 0 aromatic heterocycles. The molecule has 6 nitrogen and oxygen atoms in total. The summed E-state index contributed by atoms with van der Waals surface area (Å²) >= 11 is 6.12. The summed E-state index contributed by atoms with van der Waals surface area (Å²) < 4.78 is 4.67. The molecule has 1 aliphatic rings. The van der Waals surface area contributed by atoms with E-state index in [1.807, 2.05) is 18.2 Å². The van der Waals surface area contributed by atoms with Crippen molar-refractivity contribution >= 4 is 35.0 Å². The van der Waals surface area contributed by atoms with E-state index in [0.717, 1.165) is 18.8 Å². The Bertz CT molecular complexity index is 831. The van der Waals surface area contributed by atoms with Gasteiger partial charge in [0.2, 0.25) is 0 Å². The van der Waals surface area contributed by atoms with Crippen molar-refractivity contribution < 1.29 is 14.3 Å². The molecule has 142 valence electrons. The van der Waals surface area contributed by atoms with Crippen LogP contribution in [0.4, 0.5) is 16.2 Å². The van der Waals surface area contributed by atoms with Crippen molar-refractivity contribution in [2.75, 3.05) is 43.5 Å². The van der Waals surface area contributed by atoms with Gasteiger partial charge in [-0.3, -0.25) is 0 Å². The van der Waals surface area contributed by atoms with Crippen molar-refractivity contribution in [3.8, 4) is 0 Å². The quantitative estimate of drug-likeness (QED) is 0.814. The fraction of sp³-hybridized carbons (Fsp3) is 0.300. The molecule has 2 aromatic rings. The first-order chi connectivity index (χ1) is 13.0. The van der Waals surface area contributed by atoms with Gasteiger partial charge in [-0.2, -0.15) is 0 Å². The summed E-state index contributed by atoms with van der Waals surface area (Å²) in [6, 6.07) is 12.3. The highest BCUT2D eigenvalue weighted by molar-refractivity contribution is 6.30. The summed E-state index contributed by atoms with van der Waals surface area (Å²) in [6.45, 7) is 4.80. The second kappa shape index (κ2) is 8.31. The largest absolute Gasteiger partial charge is 0.465 e. The number of esters is 1. The number of amides is 2. The molecule has 1 saturated heterocycles. The lowest BCUT2D eigenvalue weighted by molar-refractivity contribution is 0.0600. The molecule has 27 heavy (non-hydrogen) atoms. The summed E-state index contributed by atoms with van der Waals surface area (Å²) in [5.41, 5.74) is 3.37. The maximum atomic E-state index is 12.5. The number of anilines is 2. The molecule has 0 saturated carbocycles. The molecule has 2 aromatic carbocycles. The van der Waals surface area contributed by atoms with Gasteiger partial charge in [0.1, 0.15) is 0 Å². The molecular formula is C20H22ClN3O3. The lowest BCUT2D eigenvalue weighted by Crippen LogP contribution is -2.50. The highest BCUT2D eigenvalue weighted by Crippen LogP contribution is 2.25. The lowest BCUT2D eigenvalue weighted by atomic mass is 10.1. The first-order valence-corrected chi connectivity index (χ1v) is 9.11. The van der Waals surface area contributed by atoms with Gasteiger partial charge >= 0.3 is 12.0 Å². The van der Waals surface area contributed by atoms with E-state index in [0.29, 0.717) is 29.4 Å². The van der Waals surface area contributed by atoms with E-state index in [-0.39, 0.29) is 6.03 Å². The zero-order chi connectivity index (χ0) is 19.4. The number of hydrogen-bond donors (Lipinski definition) is 1. The van der Waals surface area contributed by atoms with Crippen LogP contribution in [0.1, 0.15) is 15.9 Å². The van der Waals surface area contributed by atoms with E-state index in [1.165, 1.54) is 12.7 Å². The molecule has 0 atom stereocenters. The number of rotatable bonds is 3. The fourth-order valence-corrected chi connectivity index (χ4v) is 3.25. The van der Waals surface area contributed by atoms with Gasteiger partial charge in [0.25, 0.3) is 0 Å². The molecule has 1 aliphatic heterocycles. The number of carbonyl (C=O) groups excluding carboxylic acids is 2. The van der Waals surface area contributed by atoms with Crippen LogP contribution < -0.4 is 10.2 Å². The van der Waals surface area contributed by atoms with Crippen molar-refractivity contribution in [2.24, 2.45) is 0 Å². The Balaban J connectivity index is 1.57. The van der Waals surface area contributed by atoms with Gasteiger partial charge in [-0.1, -0.05) is 17.7 Å². The van der Waals surface area contributed by atoms with Gasteiger partial charge in [-0.05, 0) is 48.9 Å². The Morgan fingerprint density at radius 2 is 1.70 bits per heavy atom.